The Labute approximate surface area is 114 Å². The number of hydrogen-bond acceptors (Lipinski definition) is 3. The van der Waals surface area contributed by atoms with Gasteiger partial charge in [-0.25, -0.2) is 0 Å². The van der Waals surface area contributed by atoms with Crippen molar-refractivity contribution < 1.29 is 4.79 Å². The van der Waals surface area contributed by atoms with Gasteiger partial charge in [-0.3, -0.25) is 4.79 Å². The summed E-state index contributed by atoms with van der Waals surface area (Å²) in [6, 6.07) is 8.09. The molecule has 4 heteroatoms. The third kappa shape index (κ3) is 4.24. The molecule has 0 radical (unpaired) electrons. The van der Waals surface area contributed by atoms with Gasteiger partial charge >= 0.3 is 0 Å². The molecule has 1 aromatic rings. The van der Waals surface area contributed by atoms with Crippen molar-refractivity contribution in [1.82, 2.24) is 4.90 Å². The van der Waals surface area contributed by atoms with Gasteiger partial charge in [-0.05, 0) is 63.0 Å². The Bertz CT molecular complexity index is 408. The number of benzene rings is 1. The number of anilines is 1. The van der Waals surface area contributed by atoms with Crippen LogP contribution in [0.4, 0.5) is 5.69 Å². The number of rotatable bonds is 5. The van der Waals surface area contributed by atoms with Gasteiger partial charge in [0, 0.05) is 11.6 Å². The Morgan fingerprint density at radius 2 is 1.84 bits per heavy atom. The number of aryl methyl sites for hydroxylation is 1. The van der Waals surface area contributed by atoms with Crippen molar-refractivity contribution in [2.24, 2.45) is 11.7 Å². The van der Waals surface area contributed by atoms with Gasteiger partial charge in [0.1, 0.15) is 0 Å². The summed E-state index contributed by atoms with van der Waals surface area (Å²) in [4.78, 5) is 13.5. The maximum atomic E-state index is 11.1. The van der Waals surface area contributed by atoms with Crippen LogP contribution in [0.15, 0.2) is 24.3 Å². The minimum absolute atomic E-state index is 0.0911. The Morgan fingerprint density at radius 1 is 1.21 bits per heavy atom. The van der Waals surface area contributed by atoms with Crippen molar-refractivity contribution in [2.45, 2.75) is 25.7 Å². The molecule has 1 saturated heterocycles. The molecule has 104 valence electrons. The first kappa shape index (κ1) is 13.9. The second-order valence-corrected chi connectivity index (χ2v) is 5.36. The number of carbonyl (C=O) groups is 1. The van der Waals surface area contributed by atoms with Crippen molar-refractivity contribution in [3.63, 3.8) is 0 Å². The number of piperidine rings is 1. The highest BCUT2D eigenvalue weighted by atomic mass is 16.1. The van der Waals surface area contributed by atoms with Crippen molar-refractivity contribution in [3.05, 3.63) is 29.8 Å². The first-order valence-corrected chi connectivity index (χ1v) is 7.01. The molecule has 0 saturated carbocycles. The monoisotopic (exact) mass is 261 g/mol. The van der Waals surface area contributed by atoms with Gasteiger partial charge < -0.3 is 16.4 Å². The number of nitrogens with two attached hydrogens (primary N) is 2. The van der Waals surface area contributed by atoms with Gasteiger partial charge in [-0.15, -0.1) is 0 Å². The number of likely N-dealkylation sites (tertiary alicyclic amines) is 1. The second-order valence-electron chi connectivity index (χ2n) is 5.36. The lowest BCUT2D eigenvalue weighted by molar-refractivity contribution is -0.123. The molecule has 1 fully saturated rings. The molecular weight excluding hydrogens is 238 g/mol. The Balaban J connectivity index is 1.67. The molecule has 1 aliphatic heterocycles. The molecule has 0 atom stereocenters. The van der Waals surface area contributed by atoms with E-state index in [1.54, 1.807) is 0 Å². The molecule has 0 unspecified atom stereocenters. The summed E-state index contributed by atoms with van der Waals surface area (Å²) in [5.41, 5.74) is 13.1. The molecule has 2 rings (SSSR count). The minimum atomic E-state index is -0.137. The predicted molar refractivity (Wildman–Crippen MR) is 77.5 cm³/mol. The third-order valence-corrected chi connectivity index (χ3v) is 3.91. The van der Waals surface area contributed by atoms with Gasteiger partial charge in [-0.1, -0.05) is 12.1 Å². The SMILES string of the molecule is NC(=O)C1CCN(CCCc2ccc(N)cc2)CC1. The molecule has 0 aliphatic carbocycles. The highest BCUT2D eigenvalue weighted by Crippen LogP contribution is 2.17. The van der Waals surface area contributed by atoms with Crippen molar-refractivity contribution in [1.29, 1.82) is 0 Å². The Kier molecular flexibility index (Phi) is 4.80. The standard InChI is InChI=1S/C15H23N3O/c16-14-5-3-12(4-6-14)2-1-9-18-10-7-13(8-11-18)15(17)19/h3-6,13H,1-2,7-11,16H2,(H2,17,19). The van der Waals surface area contributed by atoms with E-state index in [2.05, 4.69) is 17.0 Å². The van der Waals surface area contributed by atoms with Gasteiger partial charge in [0.2, 0.25) is 5.91 Å². The van der Waals surface area contributed by atoms with Crippen molar-refractivity contribution >= 4 is 11.6 Å². The van der Waals surface area contributed by atoms with E-state index < -0.39 is 0 Å². The largest absolute Gasteiger partial charge is 0.399 e. The van der Waals surface area contributed by atoms with E-state index in [4.69, 9.17) is 11.5 Å². The lowest BCUT2D eigenvalue weighted by Gasteiger charge is -2.30. The molecule has 4 nitrogen and oxygen atoms in total. The van der Waals surface area contributed by atoms with Crippen molar-refractivity contribution in [2.75, 3.05) is 25.4 Å². The number of primary amides is 1. The van der Waals surface area contributed by atoms with Crippen LogP contribution in [-0.2, 0) is 11.2 Å². The fourth-order valence-corrected chi connectivity index (χ4v) is 2.63. The summed E-state index contributed by atoms with van der Waals surface area (Å²) < 4.78 is 0. The summed E-state index contributed by atoms with van der Waals surface area (Å²) in [6.07, 6.45) is 4.05. The molecule has 0 bridgehead atoms. The number of carbonyl (C=O) groups excluding carboxylic acids is 1. The van der Waals surface area contributed by atoms with Crippen LogP contribution >= 0.6 is 0 Å². The maximum Gasteiger partial charge on any atom is 0.220 e. The summed E-state index contributed by atoms with van der Waals surface area (Å²) in [7, 11) is 0. The van der Waals surface area contributed by atoms with Crippen LogP contribution in [-0.4, -0.2) is 30.4 Å². The van der Waals surface area contributed by atoms with Crippen LogP contribution < -0.4 is 11.5 Å². The van der Waals surface area contributed by atoms with Gasteiger partial charge in [0.15, 0.2) is 0 Å². The summed E-state index contributed by atoms with van der Waals surface area (Å²) >= 11 is 0. The van der Waals surface area contributed by atoms with Crippen LogP contribution in [0.3, 0.4) is 0 Å². The number of nitrogen functional groups attached to an aromatic ring is 1. The van der Waals surface area contributed by atoms with E-state index in [0.717, 1.165) is 51.0 Å². The molecule has 1 aromatic carbocycles. The predicted octanol–water partition coefficient (Wildman–Crippen LogP) is 1.40. The average Bonchev–Trinajstić information content (AvgIpc) is 2.41. The van der Waals surface area contributed by atoms with Gasteiger partial charge in [-0.2, -0.15) is 0 Å². The quantitative estimate of drug-likeness (QED) is 0.787. The molecule has 0 aromatic heterocycles. The normalized spacial score (nSPS) is 17.5. The second kappa shape index (κ2) is 6.57. The first-order chi connectivity index (χ1) is 9.15. The van der Waals surface area contributed by atoms with Crippen molar-refractivity contribution in [3.8, 4) is 0 Å². The zero-order valence-corrected chi connectivity index (χ0v) is 11.3. The molecule has 1 aliphatic rings. The molecule has 0 spiro atoms. The van der Waals surface area contributed by atoms with Gasteiger partial charge in [0.25, 0.3) is 0 Å². The maximum absolute atomic E-state index is 11.1. The fraction of sp³-hybridized carbons (Fsp3) is 0.533. The van der Waals surface area contributed by atoms with E-state index in [0.29, 0.717) is 0 Å². The fourth-order valence-electron chi connectivity index (χ4n) is 2.63. The summed E-state index contributed by atoms with van der Waals surface area (Å²) in [5, 5.41) is 0. The summed E-state index contributed by atoms with van der Waals surface area (Å²) in [6.45, 7) is 3.08. The molecule has 1 amide bonds. The molecular formula is C15H23N3O. The highest BCUT2D eigenvalue weighted by molar-refractivity contribution is 5.76. The zero-order chi connectivity index (χ0) is 13.7. The third-order valence-electron chi connectivity index (χ3n) is 3.91. The number of hydrogen-bond donors (Lipinski definition) is 2. The van der Waals surface area contributed by atoms with Crippen LogP contribution in [0.25, 0.3) is 0 Å². The van der Waals surface area contributed by atoms with Crippen LogP contribution in [0, 0.1) is 5.92 Å². The Hall–Kier alpha value is -1.55. The van der Waals surface area contributed by atoms with E-state index >= 15 is 0 Å². The lowest BCUT2D eigenvalue weighted by Crippen LogP contribution is -2.39. The van der Waals surface area contributed by atoms with Crippen LogP contribution in [0.1, 0.15) is 24.8 Å². The molecule has 4 N–H and O–H groups in total. The van der Waals surface area contributed by atoms with E-state index in [9.17, 15) is 4.79 Å². The minimum Gasteiger partial charge on any atom is -0.399 e. The highest BCUT2D eigenvalue weighted by Gasteiger charge is 2.22. The van der Waals surface area contributed by atoms with E-state index in [1.165, 1.54) is 5.56 Å². The number of nitrogens with zero attached hydrogens (tertiary/aromatic N) is 1. The lowest BCUT2D eigenvalue weighted by atomic mass is 9.96. The Morgan fingerprint density at radius 3 is 2.42 bits per heavy atom. The molecule has 1 heterocycles. The number of amides is 1. The van der Waals surface area contributed by atoms with Crippen LogP contribution in [0.5, 0.6) is 0 Å². The first-order valence-electron chi connectivity index (χ1n) is 7.01. The van der Waals surface area contributed by atoms with E-state index in [1.807, 2.05) is 12.1 Å². The molecule has 19 heavy (non-hydrogen) atoms. The zero-order valence-electron chi connectivity index (χ0n) is 11.3. The average molecular weight is 261 g/mol. The summed E-state index contributed by atoms with van der Waals surface area (Å²) in [5.74, 6) is -0.0464. The topological polar surface area (TPSA) is 72.4 Å². The smallest absolute Gasteiger partial charge is 0.220 e. The van der Waals surface area contributed by atoms with Crippen LogP contribution in [0.2, 0.25) is 0 Å². The van der Waals surface area contributed by atoms with Gasteiger partial charge in [0.05, 0.1) is 0 Å². The van der Waals surface area contributed by atoms with E-state index in [-0.39, 0.29) is 11.8 Å².